The second-order valence-electron chi connectivity index (χ2n) is 6.21. The Balaban J connectivity index is 1.69. The lowest BCUT2D eigenvalue weighted by molar-refractivity contribution is 0.102. The van der Waals surface area contributed by atoms with Crippen molar-refractivity contribution in [2.45, 2.75) is 33.9 Å². The fourth-order valence-corrected chi connectivity index (χ4v) is 3.04. The molecule has 0 fully saturated rings. The predicted molar refractivity (Wildman–Crippen MR) is 111 cm³/mol. The molecule has 8 nitrogen and oxygen atoms in total. The number of anilines is 1. The smallest absolute Gasteiger partial charge is 0.277 e. The average molecular weight is 418 g/mol. The molecule has 1 amide bonds. The molecule has 0 aliphatic carbocycles. The van der Waals surface area contributed by atoms with E-state index in [9.17, 15) is 4.79 Å². The van der Waals surface area contributed by atoms with Crippen LogP contribution in [0.4, 0.5) is 5.69 Å². The number of rotatable bonds is 9. The van der Waals surface area contributed by atoms with Gasteiger partial charge in [-0.2, -0.15) is 10.2 Å². The molecule has 0 radical (unpaired) electrons. The molecule has 0 unspecified atom stereocenters. The van der Waals surface area contributed by atoms with Gasteiger partial charge in [-0.15, -0.1) is 0 Å². The van der Waals surface area contributed by atoms with Crippen molar-refractivity contribution in [3.8, 4) is 11.5 Å². The Bertz CT molecular complexity index is 982. The minimum absolute atomic E-state index is 0.189. The number of carbonyl (C=O) groups is 1. The van der Waals surface area contributed by atoms with E-state index >= 15 is 0 Å². The first-order valence-corrected chi connectivity index (χ1v) is 9.87. The molecule has 154 valence electrons. The number of nitrogens with one attached hydrogen (secondary N) is 1. The van der Waals surface area contributed by atoms with Crippen LogP contribution in [0, 0.1) is 0 Å². The van der Waals surface area contributed by atoms with Crippen molar-refractivity contribution in [1.82, 2.24) is 19.6 Å². The van der Waals surface area contributed by atoms with Crippen LogP contribution < -0.4 is 14.8 Å². The van der Waals surface area contributed by atoms with Crippen LogP contribution >= 0.6 is 11.6 Å². The lowest BCUT2D eigenvalue weighted by Crippen LogP contribution is -2.13. The van der Waals surface area contributed by atoms with E-state index in [1.54, 1.807) is 28.0 Å². The zero-order valence-electron chi connectivity index (χ0n) is 16.7. The molecule has 0 saturated heterocycles. The molecule has 3 aromatic rings. The average Bonchev–Trinajstić information content (AvgIpc) is 3.30. The van der Waals surface area contributed by atoms with Crippen LogP contribution in [0.2, 0.25) is 5.02 Å². The molecule has 0 aliphatic heterocycles. The Morgan fingerprint density at radius 1 is 1.10 bits per heavy atom. The van der Waals surface area contributed by atoms with Crippen LogP contribution in [0.1, 0.15) is 36.8 Å². The molecular weight excluding hydrogens is 394 g/mol. The highest BCUT2D eigenvalue weighted by Crippen LogP contribution is 2.29. The maximum Gasteiger partial charge on any atom is 0.277 e. The van der Waals surface area contributed by atoms with Crippen LogP contribution in [0.15, 0.2) is 36.8 Å². The fourth-order valence-electron chi connectivity index (χ4n) is 2.80. The molecule has 9 heteroatoms. The van der Waals surface area contributed by atoms with Gasteiger partial charge in [0.2, 0.25) is 0 Å². The summed E-state index contributed by atoms with van der Waals surface area (Å²) in [5.41, 5.74) is 1.75. The predicted octanol–water partition coefficient (Wildman–Crippen LogP) is 3.85. The fraction of sp³-hybridized carbons (Fsp3) is 0.350. The summed E-state index contributed by atoms with van der Waals surface area (Å²) in [6.07, 6.45) is 4.96. The first kappa shape index (κ1) is 20.7. The van der Waals surface area contributed by atoms with E-state index in [0.29, 0.717) is 42.8 Å². The van der Waals surface area contributed by atoms with Gasteiger partial charge in [-0.25, -0.2) is 0 Å². The van der Waals surface area contributed by atoms with Gasteiger partial charge in [-0.1, -0.05) is 17.7 Å². The molecular formula is C20H24ClN5O3. The van der Waals surface area contributed by atoms with Gasteiger partial charge in [0.05, 0.1) is 36.7 Å². The van der Waals surface area contributed by atoms with Crippen molar-refractivity contribution in [3.05, 3.63) is 53.1 Å². The van der Waals surface area contributed by atoms with Gasteiger partial charge in [-0.05, 0) is 38.5 Å². The van der Waals surface area contributed by atoms with E-state index in [1.807, 2.05) is 39.0 Å². The highest BCUT2D eigenvalue weighted by atomic mass is 35.5. The number of nitrogens with zero attached hydrogens (tertiary/aromatic N) is 4. The summed E-state index contributed by atoms with van der Waals surface area (Å²) in [4.78, 5) is 12.4. The highest BCUT2D eigenvalue weighted by Gasteiger charge is 2.16. The molecule has 2 heterocycles. The normalized spacial score (nSPS) is 10.8. The molecule has 29 heavy (non-hydrogen) atoms. The van der Waals surface area contributed by atoms with Gasteiger partial charge < -0.3 is 14.8 Å². The van der Waals surface area contributed by atoms with Gasteiger partial charge in [0.1, 0.15) is 0 Å². The zero-order valence-corrected chi connectivity index (χ0v) is 17.4. The van der Waals surface area contributed by atoms with E-state index < -0.39 is 0 Å². The lowest BCUT2D eigenvalue weighted by atomic mass is 10.2. The molecule has 1 N–H and O–H groups in total. The Hall–Kier alpha value is -3.00. The van der Waals surface area contributed by atoms with Crippen LogP contribution in [0.3, 0.4) is 0 Å². The molecule has 0 aliphatic rings. The number of benzene rings is 1. The van der Waals surface area contributed by atoms with Crippen molar-refractivity contribution in [2.75, 3.05) is 18.5 Å². The Morgan fingerprint density at radius 2 is 1.86 bits per heavy atom. The Labute approximate surface area is 174 Å². The SMILES string of the molecule is CCOc1ccc(Cn2cc(NC(=O)c3nn(CC)cc3Cl)cn2)cc1OCC. The summed E-state index contributed by atoms with van der Waals surface area (Å²) in [5.74, 6) is 1.05. The maximum atomic E-state index is 12.4. The molecule has 0 bridgehead atoms. The number of halogens is 1. The minimum atomic E-state index is -0.374. The van der Waals surface area contributed by atoms with E-state index in [0.717, 1.165) is 11.3 Å². The number of hydrogen-bond acceptors (Lipinski definition) is 5. The summed E-state index contributed by atoms with van der Waals surface area (Å²) in [7, 11) is 0. The third-order valence-electron chi connectivity index (χ3n) is 4.10. The Morgan fingerprint density at radius 3 is 2.55 bits per heavy atom. The van der Waals surface area contributed by atoms with Gasteiger partial charge >= 0.3 is 0 Å². The first-order valence-electron chi connectivity index (χ1n) is 9.49. The van der Waals surface area contributed by atoms with E-state index in [-0.39, 0.29) is 11.6 Å². The molecule has 2 aromatic heterocycles. The number of aryl methyl sites for hydroxylation is 1. The van der Waals surface area contributed by atoms with Crippen LogP contribution in [-0.2, 0) is 13.1 Å². The third kappa shape index (κ3) is 5.08. The van der Waals surface area contributed by atoms with Crippen LogP contribution in [0.5, 0.6) is 11.5 Å². The maximum absolute atomic E-state index is 12.4. The van der Waals surface area contributed by atoms with Gasteiger partial charge in [0.25, 0.3) is 5.91 Å². The van der Waals surface area contributed by atoms with E-state index in [4.69, 9.17) is 21.1 Å². The van der Waals surface area contributed by atoms with Crippen molar-refractivity contribution in [3.63, 3.8) is 0 Å². The zero-order chi connectivity index (χ0) is 20.8. The second kappa shape index (κ2) is 9.47. The number of hydrogen-bond donors (Lipinski definition) is 1. The minimum Gasteiger partial charge on any atom is -0.490 e. The standard InChI is InChI=1S/C20H24ClN5O3/c1-4-25-13-16(21)19(24-25)20(27)23-15-10-22-26(12-15)11-14-7-8-17(28-5-2)18(9-14)29-6-3/h7-10,12-13H,4-6,11H2,1-3H3,(H,23,27). The summed E-state index contributed by atoms with van der Waals surface area (Å²) in [6.45, 7) is 8.07. The highest BCUT2D eigenvalue weighted by molar-refractivity contribution is 6.34. The number of amides is 1. The Kier molecular flexibility index (Phi) is 6.77. The monoisotopic (exact) mass is 417 g/mol. The van der Waals surface area contributed by atoms with Crippen molar-refractivity contribution < 1.29 is 14.3 Å². The summed E-state index contributed by atoms with van der Waals surface area (Å²) in [5, 5.41) is 11.6. The quantitative estimate of drug-likeness (QED) is 0.571. The van der Waals surface area contributed by atoms with Gasteiger partial charge in [0, 0.05) is 18.9 Å². The number of ether oxygens (including phenoxy) is 2. The van der Waals surface area contributed by atoms with Crippen LogP contribution in [0.25, 0.3) is 0 Å². The number of aromatic nitrogens is 4. The molecule has 3 rings (SSSR count). The second-order valence-corrected chi connectivity index (χ2v) is 6.62. The lowest BCUT2D eigenvalue weighted by Gasteiger charge is -2.12. The third-order valence-corrected chi connectivity index (χ3v) is 4.38. The molecule has 0 spiro atoms. The number of carbonyl (C=O) groups excluding carboxylic acids is 1. The molecule has 0 saturated carbocycles. The van der Waals surface area contributed by atoms with E-state index in [1.165, 1.54) is 0 Å². The van der Waals surface area contributed by atoms with E-state index in [2.05, 4.69) is 15.5 Å². The first-order chi connectivity index (χ1) is 14.0. The largest absolute Gasteiger partial charge is 0.490 e. The molecule has 1 aromatic carbocycles. The van der Waals surface area contributed by atoms with Gasteiger partial charge in [-0.3, -0.25) is 14.2 Å². The van der Waals surface area contributed by atoms with Crippen molar-refractivity contribution in [2.24, 2.45) is 0 Å². The van der Waals surface area contributed by atoms with Crippen LogP contribution in [-0.4, -0.2) is 38.7 Å². The molecule has 0 atom stereocenters. The summed E-state index contributed by atoms with van der Waals surface area (Å²) >= 11 is 6.09. The topological polar surface area (TPSA) is 83.2 Å². The van der Waals surface area contributed by atoms with Gasteiger partial charge in [0.15, 0.2) is 17.2 Å². The summed E-state index contributed by atoms with van der Waals surface area (Å²) in [6, 6.07) is 5.79. The van der Waals surface area contributed by atoms with Crippen molar-refractivity contribution >= 4 is 23.2 Å². The summed E-state index contributed by atoms with van der Waals surface area (Å²) < 4.78 is 14.6. The van der Waals surface area contributed by atoms with Crippen molar-refractivity contribution in [1.29, 1.82) is 0 Å².